The molecule has 1 heterocycles. The molecule has 0 saturated heterocycles. The number of ether oxygens (including phenoxy) is 1. The van der Waals surface area contributed by atoms with Crippen LogP contribution in [0.3, 0.4) is 0 Å². The lowest BCUT2D eigenvalue weighted by Crippen LogP contribution is -2.47. The lowest BCUT2D eigenvalue weighted by molar-refractivity contribution is -0.145. The minimum Gasteiger partial charge on any atom is -0.467 e. The summed E-state index contributed by atoms with van der Waals surface area (Å²) in [6.07, 6.45) is 1.08. The zero-order chi connectivity index (χ0) is 11.8. The summed E-state index contributed by atoms with van der Waals surface area (Å²) >= 11 is 0. The molecule has 86 valence electrons. The standard InChI is InChI=1S/C12H14FNO2/c1-12(11(15)16-2)7-6-8-9(13)4-3-5-10(8)14-12/h3-5,14H,6-7H2,1-2H3. The zero-order valence-electron chi connectivity index (χ0n) is 9.34. The highest BCUT2D eigenvalue weighted by Crippen LogP contribution is 2.32. The summed E-state index contributed by atoms with van der Waals surface area (Å²) in [6, 6.07) is 4.84. The van der Waals surface area contributed by atoms with Crippen LogP contribution in [0.1, 0.15) is 18.9 Å². The van der Waals surface area contributed by atoms with E-state index in [2.05, 4.69) is 5.32 Å². The Kier molecular flexibility index (Phi) is 2.58. The Bertz CT molecular complexity index is 433. The molecular weight excluding hydrogens is 209 g/mol. The van der Waals surface area contributed by atoms with E-state index in [9.17, 15) is 9.18 Å². The van der Waals surface area contributed by atoms with Gasteiger partial charge >= 0.3 is 5.97 Å². The fraction of sp³-hybridized carbons (Fsp3) is 0.417. The molecule has 3 nitrogen and oxygen atoms in total. The van der Waals surface area contributed by atoms with Crippen molar-refractivity contribution in [3.05, 3.63) is 29.6 Å². The molecule has 1 aromatic carbocycles. The maximum absolute atomic E-state index is 13.4. The van der Waals surface area contributed by atoms with Crippen LogP contribution in [0.4, 0.5) is 10.1 Å². The van der Waals surface area contributed by atoms with Gasteiger partial charge in [-0.3, -0.25) is 0 Å². The van der Waals surface area contributed by atoms with Crippen molar-refractivity contribution in [3.63, 3.8) is 0 Å². The van der Waals surface area contributed by atoms with Crippen LogP contribution >= 0.6 is 0 Å². The van der Waals surface area contributed by atoms with E-state index in [1.165, 1.54) is 13.2 Å². The van der Waals surface area contributed by atoms with Gasteiger partial charge in [0.15, 0.2) is 0 Å². The Morgan fingerprint density at radius 1 is 1.56 bits per heavy atom. The molecule has 1 aromatic rings. The van der Waals surface area contributed by atoms with Crippen molar-refractivity contribution in [1.82, 2.24) is 0 Å². The van der Waals surface area contributed by atoms with Crippen LogP contribution in [0.5, 0.6) is 0 Å². The fourth-order valence-electron chi connectivity index (χ4n) is 2.04. The van der Waals surface area contributed by atoms with Gasteiger partial charge in [-0.2, -0.15) is 0 Å². The first-order valence-corrected chi connectivity index (χ1v) is 5.21. The zero-order valence-corrected chi connectivity index (χ0v) is 9.34. The number of esters is 1. The molecular formula is C12H14FNO2. The van der Waals surface area contributed by atoms with Crippen molar-refractivity contribution in [1.29, 1.82) is 0 Å². The second-order valence-corrected chi connectivity index (χ2v) is 4.21. The lowest BCUT2D eigenvalue weighted by atomic mass is 9.87. The molecule has 16 heavy (non-hydrogen) atoms. The van der Waals surface area contributed by atoms with Crippen molar-refractivity contribution in [3.8, 4) is 0 Å². The molecule has 2 rings (SSSR count). The molecule has 1 aliphatic heterocycles. The van der Waals surface area contributed by atoms with E-state index in [4.69, 9.17) is 4.74 Å². The van der Waals surface area contributed by atoms with Gasteiger partial charge in [0.25, 0.3) is 0 Å². The Labute approximate surface area is 93.6 Å². The van der Waals surface area contributed by atoms with Gasteiger partial charge in [0.1, 0.15) is 11.4 Å². The van der Waals surface area contributed by atoms with E-state index in [0.29, 0.717) is 24.1 Å². The quantitative estimate of drug-likeness (QED) is 0.741. The Balaban J connectivity index is 2.34. The predicted molar refractivity (Wildman–Crippen MR) is 58.8 cm³/mol. The highest BCUT2D eigenvalue weighted by atomic mass is 19.1. The van der Waals surface area contributed by atoms with Gasteiger partial charge in [-0.05, 0) is 31.9 Å². The molecule has 0 spiro atoms. The number of carbonyl (C=O) groups excluding carboxylic acids is 1. The first-order valence-electron chi connectivity index (χ1n) is 5.21. The van der Waals surface area contributed by atoms with E-state index in [0.717, 1.165) is 0 Å². The van der Waals surface area contributed by atoms with E-state index in [-0.39, 0.29) is 11.8 Å². The van der Waals surface area contributed by atoms with Crippen molar-refractivity contribution in [2.24, 2.45) is 0 Å². The molecule has 0 fully saturated rings. The molecule has 1 aliphatic rings. The normalized spacial score (nSPS) is 23.2. The smallest absolute Gasteiger partial charge is 0.331 e. The van der Waals surface area contributed by atoms with Crippen LogP contribution in [-0.2, 0) is 16.0 Å². The van der Waals surface area contributed by atoms with Gasteiger partial charge < -0.3 is 10.1 Å². The molecule has 0 saturated carbocycles. The summed E-state index contributed by atoms with van der Waals surface area (Å²) < 4.78 is 18.2. The number of benzene rings is 1. The number of methoxy groups -OCH3 is 1. The average molecular weight is 223 g/mol. The average Bonchev–Trinajstić information content (AvgIpc) is 2.28. The van der Waals surface area contributed by atoms with Gasteiger partial charge in [0.2, 0.25) is 0 Å². The molecule has 0 aromatic heterocycles. The molecule has 1 N–H and O–H groups in total. The van der Waals surface area contributed by atoms with E-state index >= 15 is 0 Å². The van der Waals surface area contributed by atoms with E-state index < -0.39 is 5.54 Å². The number of rotatable bonds is 1. The van der Waals surface area contributed by atoms with E-state index in [1.807, 2.05) is 0 Å². The molecule has 0 radical (unpaired) electrons. The summed E-state index contributed by atoms with van der Waals surface area (Å²) in [7, 11) is 1.36. The minimum absolute atomic E-state index is 0.225. The number of halogens is 1. The Morgan fingerprint density at radius 2 is 2.31 bits per heavy atom. The highest BCUT2D eigenvalue weighted by Gasteiger charge is 2.38. The van der Waals surface area contributed by atoms with Crippen molar-refractivity contribution in [2.75, 3.05) is 12.4 Å². The number of carbonyl (C=O) groups is 1. The van der Waals surface area contributed by atoms with Crippen LogP contribution in [0.15, 0.2) is 18.2 Å². The number of nitrogens with one attached hydrogen (secondary N) is 1. The summed E-state index contributed by atoms with van der Waals surface area (Å²) in [5.74, 6) is -0.542. The van der Waals surface area contributed by atoms with Crippen molar-refractivity contribution in [2.45, 2.75) is 25.3 Å². The molecule has 1 unspecified atom stereocenters. The molecule has 0 aliphatic carbocycles. The third-order valence-electron chi connectivity index (χ3n) is 3.04. The fourth-order valence-corrected chi connectivity index (χ4v) is 2.04. The second kappa shape index (κ2) is 3.77. The first-order chi connectivity index (χ1) is 7.57. The highest BCUT2D eigenvalue weighted by molar-refractivity contribution is 5.85. The topological polar surface area (TPSA) is 38.3 Å². The number of anilines is 1. The van der Waals surface area contributed by atoms with E-state index in [1.54, 1.807) is 19.1 Å². The maximum atomic E-state index is 13.4. The number of fused-ring (bicyclic) bond motifs is 1. The number of hydrogen-bond acceptors (Lipinski definition) is 3. The van der Waals surface area contributed by atoms with Gasteiger partial charge in [-0.15, -0.1) is 0 Å². The third-order valence-corrected chi connectivity index (χ3v) is 3.04. The summed E-state index contributed by atoms with van der Waals surface area (Å²) in [4.78, 5) is 11.6. The molecule has 0 amide bonds. The van der Waals surface area contributed by atoms with Crippen molar-refractivity contribution < 1.29 is 13.9 Å². The van der Waals surface area contributed by atoms with Crippen LogP contribution < -0.4 is 5.32 Å². The van der Waals surface area contributed by atoms with Crippen LogP contribution in [-0.4, -0.2) is 18.6 Å². The molecule has 0 bridgehead atoms. The van der Waals surface area contributed by atoms with Gasteiger partial charge in [0, 0.05) is 11.3 Å². The third kappa shape index (κ3) is 1.64. The number of hydrogen-bond donors (Lipinski definition) is 1. The molecule has 1 atom stereocenters. The monoisotopic (exact) mass is 223 g/mol. The summed E-state index contributed by atoms with van der Waals surface area (Å²) in [5, 5.41) is 3.05. The summed E-state index contributed by atoms with van der Waals surface area (Å²) in [6.45, 7) is 1.77. The largest absolute Gasteiger partial charge is 0.467 e. The first kappa shape index (κ1) is 10.9. The second-order valence-electron chi connectivity index (χ2n) is 4.21. The van der Waals surface area contributed by atoms with Gasteiger partial charge in [0.05, 0.1) is 7.11 Å². The van der Waals surface area contributed by atoms with Crippen LogP contribution in [0.2, 0.25) is 0 Å². The Hall–Kier alpha value is -1.58. The van der Waals surface area contributed by atoms with Gasteiger partial charge in [-0.1, -0.05) is 6.07 Å². The lowest BCUT2D eigenvalue weighted by Gasteiger charge is -2.34. The maximum Gasteiger partial charge on any atom is 0.331 e. The summed E-state index contributed by atoms with van der Waals surface area (Å²) in [5.41, 5.74) is 0.568. The predicted octanol–water partition coefficient (Wildman–Crippen LogP) is 2.12. The van der Waals surface area contributed by atoms with Crippen LogP contribution in [0, 0.1) is 5.82 Å². The van der Waals surface area contributed by atoms with Gasteiger partial charge in [-0.25, -0.2) is 9.18 Å². The minimum atomic E-state index is -0.754. The van der Waals surface area contributed by atoms with Crippen molar-refractivity contribution >= 4 is 11.7 Å². The SMILES string of the molecule is COC(=O)C1(C)CCc2c(F)cccc2N1. The van der Waals surface area contributed by atoms with Crippen LogP contribution in [0.25, 0.3) is 0 Å². The Morgan fingerprint density at radius 3 is 3.00 bits per heavy atom. The molecule has 4 heteroatoms.